The minimum absolute atomic E-state index is 0.0193. The van der Waals surface area contributed by atoms with Gasteiger partial charge < -0.3 is 10.1 Å². The van der Waals surface area contributed by atoms with Crippen molar-refractivity contribution in [2.45, 2.75) is 6.54 Å². The number of ether oxygens (including phenoxy) is 1. The Morgan fingerprint density at radius 2 is 2.00 bits per heavy atom. The van der Waals surface area contributed by atoms with Gasteiger partial charge >= 0.3 is 0 Å². The lowest BCUT2D eigenvalue weighted by molar-refractivity contribution is 0.0948. The third kappa shape index (κ3) is 3.86. The molecule has 0 aliphatic rings. The summed E-state index contributed by atoms with van der Waals surface area (Å²) in [4.78, 5) is 12.1. The average Bonchev–Trinajstić information content (AvgIpc) is 2.48. The van der Waals surface area contributed by atoms with E-state index in [9.17, 15) is 9.18 Å². The van der Waals surface area contributed by atoms with Crippen molar-refractivity contribution < 1.29 is 13.9 Å². The molecule has 0 aliphatic carbocycles. The Labute approximate surface area is 131 Å². The standard InChI is InChI=1S/C15H12Cl2FNO2/c1-21-14-7-10(16)3-4-11(14)15(20)19-8-9-2-5-13(18)12(17)6-9/h2-7H,8H2,1H3,(H,19,20). The van der Waals surface area contributed by atoms with Crippen LogP contribution in [0.2, 0.25) is 10.0 Å². The van der Waals surface area contributed by atoms with Crippen LogP contribution >= 0.6 is 23.2 Å². The summed E-state index contributed by atoms with van der Waals surface area (Å²) in [5.74, 6) is -0.424. The molecule has 6 heteroatoms. The van der Waals surface area contributed by atoms with Crippen LogP contribution in [0.1, 0.15) is 15.9 Å². The lowest BCUT2D eigenvalue weighted by atomic mass is 10.1. The Kier molecular flexibility index (Phi) is 5.04. The summed E-state index contributed by atoms with van der Waals surface area (Å²) in [6.07, 6.45) is 0. The quantitative estimate of drug-likeness (QED) is 0.919. The second kappa shape index (κ2) is 6.78. The Balaban J connectivity index is 2.09. The maximum atomic E-state index is 13.1. The van der Waals surface area contributed by atoms with Crippen LogP contribution in [0.4, 0.5) is 4.39 Å². The Morgan fingerprint density at radius 1 is 1.24 bits per heavy atom. The minimum atomic E-state index is -0.494. The number of carbonyl (C=O) groups excluding carboxylic acids is 1. The summed E-state index contributed by atoms with van der Waals surface area (Å²) in [5, 5.41) is 3.21. The average molecular weight is 328 g/mol. The molecular formula is C15H12Cl2FNO2. The number of hydrogen-bond donors (Lipinski definition) is 1. The van der Waals surface area contributed by atoms with Gasteiger partial charge in [-0.2, -0.15) is 0 Å². The first-order chi connectivity index (χ1) is 10.0. The van der Waals surface area contributed by atoms with Crippen molar-refractivity contribution in [1.82, 2.24) is 5.32 Å². The highest BCUT2D eigenvalue weighted by Gasteiger charge is 2.12. The molecule has 2 aromatic carbocycles. The number of halogens is 3. The fraction of sp³-hybridized carbons (Fsp3) is 0.133. The number of methoxy groups -OCH3 is 1. The predicted molar refractivity (Wildman–Crippen MR) is 80.6 cm³/mol. The number of amides is 1. The molecule has 2 rings (SSSR count). The van der Waals surface area contributed by atoms with E-state index in [1.54, 1.807) is 24.3 Å². The molecule has 0 bridgehead atoms. The van der Waals surface area contributed by atoms with Crippen molar-refractivity contribution in [2.24, 2.45) is 0 Å². The molecule has 0 heterocycles. The van der Waals surface area contributed by atoms with Gasteiger partial charge in [-0.3, -0.25) is 4.79 Å². The topological polar surface area (TPSA) is 38.3 Å². The molecule has 1 amide bonds. The van der Waals surface area contributed by atoms with Gasteiger partial charge in [-0.1, -0.05) is 29.3 Å². The molecule has 0 spiro atoms. The Hall–Kier alpha value is -1.78. The molecule has 0 saturated carbocycles. The summed E-state index contributed by atoms with van der Waals surface area (Å²) < 4.78 is 18.2. The third-order valence-corrected chi connectivity index (χ3v) is 3.37. The molecule has 0 fully saturated rings. The van der Waals surface area contributed by atoms with E-state index in [1.165, 1.54) is 19.2 Å². The molecule has 0 aliphatic heterocycles. The van der Waals surface area contributed by atoms with E-state index in [2.05, 4.69) is 5.32 Å². The van der Waals surface area contributed by atoms with E-state index < -0.39 is 5.82 Å². The van der Waals surface area contributed by atoms with Gasteiger partial charge in [-0.15, -0.1) is 0 Å². The van der Waals surface area contributed by atoms with Crippen molar-refractivity contribution in [3.8, 4) is 5.75 Å². The van der Waals surface area contributed by atoms with Crippen LogP contribution in [-0.2, 0) is 6.54 Å². The summed E-state index contributed by atoms with van der Waals surface area (Å²) in [6.45, 7) is 0.227. The molecule has 2 aromatic rings. The first-order valence-corrected chi connectivity index (χ1v) is 6.82. The fourth-order valence-corrected chi connectivity index (χ4v) is 2.15. The van der Waals surface area contributed by atoms with Gasteiger partial charge in [0.1, 0.15) is 11.6 Å². The lowest BCUT2D eigenvalue weighted by Gasteiger charge is -2.10. The van der Waals surface area contributed by atoms with Crippen molar-refractivity contribution in [3.05, 3.63) is 63.4 Å². The van der Waals surface area contributed by atoms with E-state index in [0.29, 0.717) is 21.9 Å². The number of rotatable bonds is 4. The van der Waals surface area contributed by atoms with Crippen molar-refractivity contribution in [3.63, 3.8) is 0 Å². The molecule has 0 saturated heterocycles. The lowest BCUT2D eigenvalue weighted by Crippen LogP contribution is -2.23. The van der Waals surface area contributed by atoms with Crippen LogP contribution in [0, 0.1) is 5.82 Å². The first-order valence-electron chi connectivity index (χ1n) is 6.07. The SMILES string of the molecule is COc1cc(Cl)ccc1C(=O)NCc1ccc(F)c(Cl)c1. The van der Waals surface area contributed by atoms with Gasteiger partial charge in [0.25, 0.3) is 5.91 Å². The largest absolute Gasteiger partial charge is 0.496 e. The fourth-order valence-electron chi connectivity index (χ4n) is 1.78. The summed E-state index contributed by atoms with van der Waals surface area (Å²) >= 11 is 11.5. The Morgan fingerprint density at radius 3 is 2.67 bits per heavy atom. The van der Waals surface area contributed by atoms with Gasteiger partial charge in [0, 0.05) is 11.6 Å². The van der Waals surface area contributed by atoms with Crippen molar-refractivity contribution in [2.75, 3.05) is 7.11 Å². The molecule has 0 aromatic heterocycles. The number of hydrogen-bond acceptors (Lipinski definition) is 2. The van der Waals surface area contributed by atoms with E-state index in [0.717, 1.165) is 0 Å². The van der Waals surface area contributed by atoms with Crippen LogP contribution in [0.5, 0.6) is 5.75 Å². The zero-order chi connectivity index (χ0) is 15.4. The normalized spacial score (nSPS) is 10.3. The van der Waals surface area contributed by atoms with Gasteiger partial charge in [0.2, 0.25) is 0 Å². The van der Waals surface area contributed by atoms with E-state index in [-0.39, 0.29) is 17.5 Å². The maximum absolute atomic E-state index is 13.1. The van der Waals surface area contributed by atoms with Crippen LogP contribution in [-0.4, -0.2) is 13.0 Å². The molecule has 110 valence electrons. The van der Waals surface area contributed by atoms with Gasteiger partial charge in [0.05, 0.1) is 17.7 Å². The number of nitrogens with one attached hydrogen (secondary N) is 1. The smallest absolute Gasteiger partial charge is 0.255 e. The Bertz CT molecular complexity index is 677. The van der Waals surface area contributed by atoms with Crippen molar-refractivity contribution in [1.29, 1.82) is 0 Å². The molecule has 1 N–H and O–H groups in total. The first kappa shape index (κ1) is 15.6. The van der Waals surface area contributed by atoms with E-state index >= 15 is 0 Å². The molecule has 21 heavy (non-hydrogen) atoms. The zero-order valence-corrected chi connectivity index (χ0v) is 12.6. The second-order valence-electron chi connectivity index (χ2n) is 4.28. The van der Waals surface area contributed by atoms with E-state index in [1.807, 2.05) is 0 Å². The molecule has 0 radical (unpaired) electrons. The minimum Gasteiger partial charge on any atom is -0.496 e. The summed E-state index contributed by atoms with van der Waals surface area (Å²) in [5.41, 5.74) is 1.07. The highest BCUT2D eigenvalue weighted by Crippen LogP contribution is 2.23. The highest BCUT2D eigenvalue weighted by atomic mass is 35.5. The van der Waals surface area contributed by atoms with E-state index in [4.69, 9.17) is 27.9 Å². The van der Waals surface area contributed by atoms with Crippen LogP contribution in [0.15, 0.2) is 36.4 Å². The zero-order valence-electron chi connectivity index (χ0n) is 11.1. The number of benzene rings is 2. The van der Waals surface area contributed by atoms with Crippen LogP contribution in [0.3, 0.4) is 0 Å². The third-order valence-electron chi connectivity index (χ3n) is 2.85. The molecule has 0 unspecified atom stereocenters. The molecule has 3 nitrogen and oxygen atoms in total. The molecular weight excluding hydrogens is 316 g/mol. The second-order valence-corrected chi connectivity index (χ2v) is 5.12. The monoisotopic (exact) mass is 327 g/mol. The van der Waals surface area contributed by atoms with Crippen molar-refractivity contribution >= 4 is 29.1 Å². The van der Waals surface area contributed by atoms with Crippen LogP contribution < -0.4 is 10.1 Å². The summed E-state index contributed by atoms with van der Waals surface area (Å²) in [7, 11) is 1.46. The van der Waals surface area contributed by atoms with Gasteiger partial charge in [-0.25, -0.2) is 4.39 Å². The highest BCUT2D eigenvalue weighted by molar-refractivity contribution is 6.31. The van der Waals surface area contributed by atoms with Gasteiger partial charge in [0.15, 0.2) is 0 Å². The summed E-state index contributed by atoms with van der Waals surface area (Å²) in [6, 6.07) is 9.02. The maximum Gasteiger partial charge on any atom is 0.255 e. The van der Waals surface area contributed by atoms with Crippen LogP contribution in [0.25, 0.3) is 0 Å². The molecule has 0 atom stereocenters. The predicted octanol–water partition coefficient (Wildman–Crippen LogP) is 4.07. The number of carbonyl (C=O) groups is 1. The van der Waals surface area contributed by atoms with Gasteiger partial charge in [-0.05, 0) is 35.9 Å².